The SMILES string of the molecule is CO[C@@]12C[C@@]3(CC[C@@H]1O)CC(=O)C1C4C(CCN1C)CC(O)C(O2)C43. The molecule has 0 aromatic rings. The van der Waals surface area contributed by atoms with E-state index in [9.17, 15) is 15.0 Å². The lowest BCUT2D eigenvalue weighted by molar-refractivity contribution is -0.388. The van der Waals surface area contributed by atoms with Crippen LogP contribution in [0.5, 0.6) is 0 Å². The topological polar surface area (TPSA) is 79.2 Å². The molecule has 6 unspecified atom stereocenters. The van der Waals surface area contributed by atoms with Crippen LogP contribution in [0.2, 0.25) is 0 Å². The van der Waals surface area contributed by atoms with E-state index in [-0.39, 0.29) is 29.4 Å². The van der Waals surface area contributed by atoms with Crippen molar-refractivity contribution in [1.82, 2.24) is 4.90 Å². The van der Waals surface area contributed by atoms with Gasteiger partial charge in [0.25, 0.3) is 0 Å². The number of nitrogens with zero attached hydrogens (tertiary/aromatic N) is 1. The smallest absolute Gasteiger partial charge is 0.195 e. The van der Waals surface area contributed by atoms with E-state index in [4.69, 9.17) is 9.47 Å². The van der Waals surface area contributed by atoms with Crippen molar-refractivity contribution in [3.05, 3.63) is 0 Å². The summed E-state index contributed by atoms with van der Waals surface area (Å²) in [7, 11) is 3.63. The molecule has 3 saturated carbocycles. The summed E-state index contributed by atoms with van der Waals surface area (Å²) >= 11 is 0. The van der Waals surface area contributed by atoms with E-state index in [0.29, 0.717) is 37.4 Å². The van der Waals surface area contributed by atoms with E-state index in [2.05, 4.69) is 11.9 Å². The maximum absolute atomic E-state index is 13.2. The zero-order chi connectivity index (χ0) is 17.6. The number of hydrogen-bond acceptors (Lipinski definition) is 6. The summed E-state index contributed by atoms with van der Waals surface area (Å²) in [5.74, 6) is 0.109. The summed E-state index contributed by atoms with van der Waals surface area (Å²) < 4.78 is 12.0. The van der Waals surface area contributed by atoms with Crippen molar-refractivity contribution in [2.45, 2.75) is 68.7 Å². The molecule has 140 valence electrons. The fraction of sp³-hybridized carbons (Fsp3) is 0.947. The Morgan fingerprint density at radius 1 is 1.32 bits per heavy atom. The van der Waals surface area contributed by atoms with Gasteiger partial charge < -0.3 is 19.7 Å². The lowest BCUT2D eigenvalue weighted by Crippen LogP contribution is -2.74. The van der Waals surface area contributed by atoms with Gasteiger partial charge in [0, 0.05) is 20.0 Å². The molecule has 5 aliphatic rings. The second-order valence-electron chi connectivity index (χ2n) is 9.22. The van der Waals surface area contributed by atoms with Crippen molar-refractivity contribution >= 4 is 5.78 Å². The maximum atomic E-state index is 13.2. The Labute approximate surface area is 148 Å². The van der Waals surface area contributed by atoms with Crippen LogP contribution in [0, 0.1) is 23.2 Å². The number of likely N-dealkylation sites (tertiary alicyclic amines) is 1. The van der Waals surface area contributed by atoms with Gasteiger partial charge in [-0.2, -0.15) is 0 Å². The van der Waals surface area contributed by atoms with Crippen LogP contribution in [0.1, 0.15) is 38.5 Å². The van der Waals surface area contributed by atoms with Crippen molar-refractivity contribution in [3.63, 3.8) is 0 Å². The first-order valence-corrected chi connectivity index (χ1v) is 9.73. The highest BCUT2D eigenvalue weighted by atomic mass is 16.7. The molecule has 9 atom stereocenters. The van der Waals surface area contributed by atoms with Gasteiger partial charge in [-0.05, 0) is 62.4 Å². The Kier molecular flexibility index (Phi) is 3.50. The molecule has 5 rings (SSSR count). The first-order valence-electron chi connectivity index (χ1n) is 9.73. The van der Waals surface area contributed by atoms with E-state index in [1.54, 1.807) is 7.11 Å². The largest absolute Gasteiger partial charge is 0.390 e. The second kappa shape index (κ2) is 5.26. The minimum absolute atomic E-state index is 0.0325. The number of aliphatic hydroxyl groups is 2. The highest BCUT2D eigenvalue weighted by Crippen LogP contribution is 2.65. The highest BCUT2D eigenvalue weighted by molar-refractivity contribution is 5.86. The Balaban J connectivity index is 1.63. The summed E-state index contributed by atoms with van der Waals surface area (Å²) in [4.78, 5) is 15.4. The fourth-order valence-corrected chi connectivity index (χ4v) is 7.24. The van der Waals surface area contributed by atoms with Gasteiger partial charge in [0.15, 0.2) is 11.6 Å². The first-order chi connectivity index (χ1) is 11.9. The number of likely N-dealkylation sites (N-methyl/N-ethyl adjacent to an activating group) is 1. The first kappa shape index (κ1) is 16.6. The van der Waals surface area contributed by atoms with E-state index in [1.807, 2.05) is 0 Å². The van der Waals surface area contributed by atoms with Crippen LogP contribution in [0.4, 0.5) is 0 Å². The van der Waals surface area contributed by atoms with Crippen LogP contribution in [0.25, 0.3) is 0 Å². The van der Waals surface area contributed by atoms with Crippen LogP contribution < -0.4 is 0 Å². The monoisotopic (exact) mass is 351 g/mol. The lowest BCUT2D eigenvalue weighted by atomic mass is 9.45. The molecule has 0 radical (unpaired) electrons. The number of carbonyl (C=O) groups is 1. The highest BCUT2D eigenvalue weighted by Gasteiger charge is 2.70. The Bertz CT molecular complexity index is 598. The van der Waals surface area contributed by atoms with Crippen LogP contribution in [-0.2, 0) is 14.3 Å². The van der Waals surface area contributed by atoms with Gasteiger partial charge in [-0.25, -0.2) is 0 Å². The van der Waals surface area contributed by atoms with Crippen molar-refractivity contribution in [1.29, 1.82) is 0 Å². The molecule has 6 heteroatoms. The summed E-state index contributed by atoms with van der Waals surface area (Å²) in [5.41, 5.74) is -0.200. The quantitative estimate of drug-likeness (QED) is 0.718. The normalized spacial score (nSPS) is 57.9. The second-order valence-corrected chi connectivity index (χ2v) is 9.22. The Morgan fingerprint density at radius 3 is 2.88 bits per heavy atom. The summed E-state index contributed by atoms with van der Waals surface area (Å²) in [6.45, 7) is 0.927. The van der Waals surface area contributed by atoms with Crippen LogP contribution >= 0.6 is 0 Å². The number of methoxy groups -OCH3 is 1. The molecule has 2 saturated heterocycles. The maximum Gasteiger partial charge on any atom is 0.195 e. The standard InChI is InChI=1S/C19H29NO5/c1-20-6-4-10-7-11(21)17-15-14(10)16(20)12(22)8-18(15)5-3-13(23)19(9-18,24-2)25-17/h10-11,13-17,21,23H,3-9H2,1-2H3/t10?,11?,13-,14?,15?,16?,17?,18+,19+/m0/s1. The predicted octanol–water partition coefficient (Wildman–Crippen LogP) is 0.549. The van der Waals surface area contributed by atoms with Crippen LogP contribution in [0.3, 0.4) is 0 Å². The number of rotatable bonds is 1. The molecule has 0 aromatic carbocycles. The zero-order valence-electron chi connectivity index (χ0n) is 15.1. The number of fused-ring (bicyclic) bond motifs is 1. The molecule has 5 fully saturated rings. The van der Waals surface area contributed by atoms with E-state index >= 15 is 0 Å². The molecule has 3 aliphatic carbocycles. The molecule has 6 nitrogen and oxygen atoms in total. The Morgan fingerprint density at radius 2 is 2.12 bits per heavy atom. The third-order valence-corrected chi connectivity index (χ3v) is 8.19. The van der Waals surface area contributed by atoms with Gasteiger partial charge in [0.2, 0.25) is 0 Å². The third-order valence-electron chi connectivity index (χ3n) is 8.19. The number of ether oxygens (including phenoxy) is 2. The fourth-order valence-electron chi connectivity index (χ4n) is 7.24. The van der Waals surface area contributed by atoms with Gasteiger partial charge >= 0.3 is 0 Å². The molecule has 25 heavy (non-hydrogen) atoms. The molecule has 0 aromatic heterocycles. The third kappa shape index (κ3) is 2.00. The van der Waals surface area contributed by atoms with Gasteiger partial charge in [-0.1, -0.05) is 0 Å². The summed E-state index contributed by atoms with van der Waals surface area (Å²) in [6, 6.07) is -0.0325. The number of ketones is 1. The van der Waals surface area contributed by atoms with Gasteiger partial charge in [0.1, 0.15) is 6.10 Å². The summed E-state index contributed by atoms with van der Waals surface area (Å²) in [5, 5.41) is 21.5. The van der Waals surface area contributed by atoms with Crippen molar-refractivity contribution in [2.24, 2.45) is 23.2 Å². The van der Waals surface area contributed by atoms with E-state index < -0.39 is 18.0 Å². The van der Waals surface area contributed by atoms with Gasteiger partial charge in [-0.3, -0.25) is 9.69 Å². The molecule has 2 heterocycles. The van der Waals surface area contributed by atoms with Crippen LogP contribution in [-0.4, -0.2) is 71.7 Å². The molecule has 0 amide bonds. The number of Topliss-reactive ketones (excluding diaryl/α,β-unsaturated/α-hetero) is 1. The van der Waals surface area contributed by atoms with Gasteiger partial charge in [-0.15, -0.1) is 0 Å². The average molecular weight is 351 g/mol. The minimum atomic E-state index is -1.07. The molecular weight excluding hydrogens is 322 g/mol. The molecule has 2 bridgehead atoms. The van der Waals surface area contributed by atoms with Crippen LogP contribution in [0.15, 0.2) is 0 Å². The van der Waals surface area contributed by atoms with Crippen molar-refractivity contribution in [3.8, 4) is 0 Å². The van der Waals surface area contributed by atoms with E-state index in [0.717, 1.165) is 19.4 Å². The number of aliphatic hydroxyl groups excluding tert-OH is 2. The van der Waals surface area contributed by atoms with E-state index in [1.165, 1.54) is 0 Å². The number of hydrogen-bond donors (Lipinski definition) is 2. The molecule has 2 N–H and O–H groups in total. The van der Waals surface area contributed by atoms with Crippen molar-refractivity contribution in [2.75, 3.05) is 20.7 Å². The van der Waals surface area contributed by atoms with Gasteiger partial charge in [0.05, 0.1) is 18.2 Å². The number of piperidine rings is 1. The minimum Gasteiger partial charge on any atom is -0.390 e. The zero-order valence-corrected chi connectivity index (χ0v) is 15.1. The summed E-state index contributed by atoms with van der Waals surface area (Å²) in [6.07, 6.45) is 2.66. The Hall–Kier alpha value is -0.530. The van der Waals surface area contributed by atoms with Crippen molar-refractivity contribution < 1.29 is 24.5 Å². The molecule has 1 spiro atoms. The molecule has 2 aliphatic heterocycles. The predicted molar refractivity (Wildman–Crippen MR) is 88.7 cm³/mol. The molecular formula is C19H29NO5. The number of carbonyl (C=O) groups excluding carboxylic acids is 1. The lowest BCUT2D eigenvalue weighted by Gasteiger charge is -2.68. The average Bonchev–Trinajstić information content (AvgIpc) is 2.59.